The summed E-state index contributed by atoms with van der Waals surface area (Å²) in [6, 6.07) is 27.4. The van der Waals surface area contributed by atoms with Crippen LogP contribution in [0.1, 0.15) is 45.8 Å². The van der Waals surface area contributed by atoms with Crippen molar-refractivity contribution in [2.75, 3.05) is 13.7 Å². The van der Waals surface area contributed by atoms with Crippen molar-refractivity contribution in [1.82, 2.24) is 4.90 Å². The van der Waals surface area contributed by atoms with Crippen LogP contribution in [-0.4, -0.2) is 24.5 Å². The third kappa shape index (κ3) is 5.25. The fourth-order valence-corrected chi connectivity index (χ4v) is 5.61. The summed E-state index contributed by atoms with van der Waals surface area (Å²) in [5.74, 6) is 1.52. The van der Waals surface area contributed by atoms with Crippen molar-refractivity contribution in [3.05, 3.63) is 134 Å². The van der Waals surface area contributed by atoms with Crippen LogP contribution in [-0.2, 0) is 13.2 Å². The van der Waals surface area contributed by atoms with Gasteiger partial charge in [0.2, 0.25) is 5.76 Å². The van der Waals surface area contributed by atoms with Crippen LogP contribution in [0.4, 0.5) is 0 Å². The van der Waals surface area contributed by atoms with Gasteiger partial charge in [0.1, 0.15) is 17.9 Å². The molecule has 0 aliphatic carbocycles. The van der Waals surface area contributed by atoms with Gasteiger partial charge >= 0.3 is 0 Å². The van der Waals surface area contributed by atoms with Crippen molar-refractivity contribution in [1.29, 1.82) is 0 Å². The molecular formula is C34H28BrNO6. The Morgan fingerprint density at radius 3 is 2.38 bits per heavy atom. The van der Waals surface area contributed by atoms with Gasteiger partial charge in [-0.25, -0.2) is 0 Å². The predicted molar refractivity (Wildman–Crippen MR) is 163 cm³/mol. The second kappa shape index (κ2) is 11.7. The second-order valence-corrected chi connectivity index (χ2v) is 10.8. The van der Waals surface area contributed by atoms with Gasteiger partial charge in [0.15, 0.2) is 16.9 Å². The minimum absolute atomic E-state index is 0.0516. The molecular weight excluding hydrogens is 598 g/mol. The van der Waals surface area contributed by atoms with Gasteiger partial charge in [-0.05, 0) is 66.1 Å². The number of hydrogen-bond acceptors (Lipinski definition) is 6. The fourth-order valence-electron chi connectivity index (χ4n) is 5.25. The van der Waals surface area contributed by atoms with E-state index in [0.29, 0.717) is 52.6 Å². The van der Waals surface area contributed by atoms with E-state index in [4.69, 9.17) is 18.6 Å². The molecule has 7 nitrogen and oxygen atoms in total. The molecule has 1 aliphatic rings. The molecule has 1 amide bonds. The van der Waals surface area contributed by atoms with Gasteiger partial charge in [0.05, 0.1) is 30.7 Å². The molecule has 0 fully saturated rings. The summed E-state index contributed by atoms with van der Waals surface area (Å²) in [5.41, 5.74) is 3.05. The van der Waals surface area contributed by atoms with Crippen molar-refractivity contribution in [3.63, 3.8) is 0 Å². The first kappa shape index (κ1) is 27.6. The highest BCUT2D eigenvalue weighted by Gasteiger charge is 2.43. The number of halogens is 1. The summed E-state index contributed by atoms with van der Waals surface area (Å²) < 4.78 is 24.3. The van der Waals surface area contributed by atoms with Crippen LogP contribution in [0, 0.1) is 0 Å². The summed E-state index contributed by atoms with van der Waals surface area (Å²) >= 11 is 3.45. The van der Waals surface area contributed by atoms with Gasteiger partial charge in [-0.3, -0.25) is 9.59 Å². The molecule has 212 valence electrons. The molecule has 1 atom stereocenters. The van der Waals surface area contributed by atoms with E-state index in [1.54, 1.807) is 30.2 Å². The monoisotopic (exact) mass is 625 g/mol. The third-order valence-corrected chi connectivity index (χ3v) is 7.75. The molecule has 6 rings (SSSR count). The number of carbonyl (C=O) groups is 1. The van der Waals surface area contributed by atoms with Gasteiger partial charge in [-0.15, -0.1) is 0 Å². The Morgan fingerprint density at radius 2 is 1.64 bits per heavy atom. The molecule has 1 aromatic heterocycles. The number of ether oxygens (including phenoxy) is 3. The summed E-state index contributed by atoms with van der Waals surface area (Å²) in [6.07, 6.45) is 0. The minimum atomic E-state index is -0.698. The number of hydrogen-bond donors (Lipinski definition) is 0. The van der Waals surface area contributed by atoms with Crippen LogP contribution in [0.2, 0.25) is 0 Å². The highest BCUT2D eigenvalue weighted by Crippen LogP contribution is 2.42. The fraction of sp³-hybridized carbons (Fsp3) is 0.176. The number of methoxy groups -OCH3 is 1. The molecule has 5 aromatic rings. The summed E-state index contributed by atoms with van der Waals surface area (Å²) in [4.78, 5) is 29.6. The van der Waals surface area contributed by atoms with Gasteiger partial charge in [-0.2, -0.15) is 0 Å². The van der Waals surface area contributed by atoms with Crippen LogP contribution >= 0.6 is 15.9 Å². The van der Waals surface area contributed by atoms with Crippen LogP contribution in [0.15, 0.2) is 105 Å². The average Bonchev–Trinajstić information content (AvgIpc) is 3.29. The number of nitrogens with zero attached hydrogens (tertiary/aromatic N) is 1. The zero-order chi connectivity index (χ0) is 29.2. The topological polar surface area (TPSA) is 78.2 Å². The van der Waals surface area contributed by atoms with E-state index in [1.807, 2.05) is 79.7 Å². The number of fused-ring (bicyclic) bond motifs is 2. The zero-order valence-corrected chi connectivity index (χ0v) is 24.7. The molecule has 42 heavy (non-hydrogen) atoms. The van der Waals surface area contributed by atoms with Crippen molar-refractivity contribution in [2.24, 2.45) is 0 Å². The van der Waals surface area contributed by atoms with Crippen LogP contribution in [0.3, 0.4) is 0 Å². The molecule has 0 radical (unpaired) electrons. The molecule has 0 saturated heterocycles. The molecule has 2 heterocycles. The zero-order valence-electron chi connectivity index (χ0n) is 23.1. The molecule has 0 spiro atoms. The maximum Gasteiger partial charge on any atom is 0.291 e. The van der Waals surface area contributed by atoms with Crippen molar-refractivity contribution in [2.45, 2.75) is 26.1 Å². The highest BCUT2D eigenvalue weighted by atomic mass is 79.9. The molecule has 8 heteroatoms. The standard InChI is InChI=1S/C34H28BrNO6/c1-3-40-29-17-23(11-15-28(29)41-20-22-7-5-4-6-8-22)31-30-32(37)26-18-24(35)12-16-27(26)42-33(30)34(38)36(31)19-21-9-13-25(39-2)14-10-21/h4-18,31H,3,19-20H2,1-2H3. The molecule has 0 N–H and O–H groups in total. The lowest BCUT2D eigenvalue weighted by Gasteiger charge is -2.26. The Balaban J connectivity index is 1.45. The average molecular weight is 627 g/mol. The smallest absolute Gasteiger partial charge is 0.291 e. The Hall–Kier alpha value is -4.56. The molecule has 1 unspecified atom stereocenters. The summed E-state index contributed by atoms with van der Waals surface area (Å²) in [6.45, 7) is 2.95. The first-order valence-corrected chi connectivity index (χ1v) is 14.4. The number of benzene rings is 4. The number of amides is 1. The van der Waals surface area contributed by atoms with Gasteiger partial charge in [0, 0.05) is 11.0 Å². The molecule has 0 saturated carbocycles. The largest absolute Gasteiger partial charge is 0.497 e. The minimum Gasteiger partial charge on any atom is -0.497 e. The normalized spacial score (nSPS) is 14.2. The van der Waals surface area contributed by atoms with Crippen LogP contribution < -0.4 is 19.6 Å². The third-order valence-electron chi connectivity index (χ3n) is 7.26. The van der Waals surface area contributed by atoms with E-state index in [2.05, 4.69) is 15.9 Å². The van der Waals surface area contributed by atoms with Gasteiger partial charge in [-0.1, -0.05) is 64.5 Å². The van der Waals surface area contributed by atoms with Crippen molar-refractivity contribution < 1.29 is 23.4 Å². The van der Waals surface area contributed by atoms with E-state index in [0.717, 1.165) is 15.6 Å². The quantitative estimate of drug-likeness (QED) is 0.171. The summed E-state index contributed by atoms with van der Waals surface area (Å²) in [7, 11) is 1.61. The Bertz CT molecular complexity index is 1820. The maximum absolute atomic E-state index is 14.0. The van der Waals surface area contributed by atoms with E-state index in [1.165, 1.54) is 0 Å². The Morgan fingerprint density at radius 1 is 0.857 bits per heavy atom. The predicted octanol–water partition coefficient (Wildman–Crippen LogP) is 7.29. The molecule has 0 bridgehead atoms. The van der Waals surface area contributed by atoms with E-state index < -0.39 is 6.04 Å². The lowest BCUT2D eigenvalue weighted by atomic mass is 9.97. The van der Waals surface area contributed by atoms with Crippen LogP contribution in [0.5, 0.6) is 17.2 Å². The van der Waals surface area contributed by atoms with Crippen molar-refractivity contribution in [3.8, 4) is 17.2 Å². The SMILES string of the molecule is CCOc1cc(C2c3c(oc4ccc(Br)cc4c3=O)C(=O)N2Cc2ccc(OC)cc2)ccc1OCc1ccccc1. The van der Waals surface area contributed by atoms with E-state index >= 15 is 0 Å². The maximum atomic E-state index is 14.0. The van der Waals surface area contributed by atoms with E-state index in [9.17, 15) is 9.59 Å². The second-order valence-electron chi connectivity index (χ2n) is 9.91. The first-order chi connectivity index (χ1) is 20.5. The highest BCUT2D eigenvalue weighted by molar-refractivity contribution is 9.10. The van der Waals surface area contributed by atoms with E-state index in [-0.39, 0.29) is 23.6 Å². The number of carbonyl (C=O) groups excluding carboxylic acids is 1. The molecule has 1 aliphatic heterocycles. The van der Waals surface area contributed by atoms with Gasteiger partial charge in [0.25, 0.3) is 5.91 Å². The number of rotatable bonds is 9. The Kier molecular flexibility index (Phi) is 7.71. The van der Waals surface area contributed by atoms with Crippen molar-refractivity contribution >= 4 is 32.8 Å². The lowest BCUT2D eigenvalue weighted by Crippen LogP contribution is -2.29. The van der Waals surface area contributed by atoms with Gasteiger partial charge < -0.3 is 23.5 Å². The molecule has 4 aromatic carbocycles. The Labute approximate surface area is 251 Å². The first-order valence-electron chi connectivity index (χ1n) is 13.6. The van der Waals surface area contributed by atoms with Crippen LogP contribution in [0.25, 0.3) is 11.0 Å². The lowest BCUT2D eigenvalue weighted by molar-refractivity contribution is 0.0714. The summed E-state index contributed by atoms with van der Waals surface area (Å²) in [5, 5.41) is 0.403.